The first-order valence-corrected chi connectivity index (χ1v) is 14.6. The van der Waals surface area contributed by atoms with Gasteiger partial charge in [0.2, 0.25) is 5.91 Å². The number of amides is 2. The second kappa shape index (κ2) is 10.7. The monoisotopic (exact) mass is 555 g/mol. The summed E-state index contributed by atoms with van der Waals surface area (Å²) in [6, 6.07) is 7.17. The SMILES string of the molecule is COC(=O)[C@@H]1C[C@H](NC(C)(C)C)CC[C@@H]1N1CCC(NC(=O)c2nc(-c3nc4ccccc4s3)cs2)C1=O. The van der Waals surface area contributed by atoms with E-state index in [0.717, 1.165) is 21.6 Å². The number of nitrogens with zero attached hydrogens (tertiary/aromatic N) is 3. The smallest absolute Gasteiger partial charge is 0.310 e. The van der Waals surface area contributed by atoms with Gasteiger partial charge in [-0.25, -0.2) is 9.97 Å². The van der Waals surface area contributed by atoms with Crippen LogP contribution in [0.15, 0.2) is 29.6 Å². The van der Waals surface area contributed by atoms with Gasteiger partial charge in [-0.15, -0.1) is 22.7 Å². The number of rotatable bonds is 6. The number of ether oxygens (including phenoxy) is 1. The van der Waals surface area contributed by atoms with Crippen LogP contribution in [0.3, 0.4) is 0 Å². The van der Waals surface area contributed by atoms with Crippen molar-refractivity contribution >= 4 is 50.7 Å². The normalized spacial score (nSPS) is 24.1. The Kier molecular flexibility index (Phi) is 7.52. The van der Waals surface area contributed by atoms with Crippen LogP contribution in [0.1, 0.15) is 56.3 Å². The highest BCUT2D eigenvalue weighted by atomic mass is 32.1. The van der Waals surface area contributed by atoms with Gasteiger partial charge in [-0.1, -0.05) is 12.1 Å². The first kappa shape index (κ1) is 26.7. The van der Waals surface area contributed by atoms with Gasteiger partial charge in [0.15, 0.2) is 5.01 Å². The topological polar surface area (TPSA) is 114 Å². The molecule has 1 aliphatic heterocycles. The zero-order valence-corrected chi connectivity index (χ0v) is 23.7. The Labute approximate surface area is 230 Å². The lowest BCUT2D eigenvalue weighted by atomic mass is 9.80. The Morgan fingerprint density at radius 3 is 2.66 bits per heavy atom. The molecule has 5 rings (SSSR count). The van der Waals surface area contributed by atoms with Crippen molar-refractivity contribution in [2.24, 2.45) is 5.92 Å². The highest BCUT2D eigenvalue weighted by Crippen LogP contribution is 2.34. The minimum absolute atomic E-state index is 0.0697. The van der Waals surface area contributed by atoms with Gasteiger partial charge in [0, 0.05) is 29.5 Å². The maximum absolute atomic E-state index is 13.4. The Bertz CT molecular complexity index is 1310. The van der Waals surface area contributed by atoms with Crippen LogP contribution in [0.4, 0.5) is 0 Å². The summed E-state index contributed by atoms with van der Waals surface area (Å²) < 4.78 is 6.18. The van der Waals surface area contributed by atoms with Crippen molar-refractivity contribution < 1.29 is 19.1 Å². The molecular weight excluding hydrogens is 522 g/mol. The molecule has 4 atom stereocenters. The Morgan fingerprint density at radius 2 is 1.92 bits per heavy atom. The third kappa shape index (κ3) is 5.60. The highest BCUT2D eigenvalue weighted by Gasteiger charge is 2.45. The molecule has 202 valence electrons. The number of hydrogen-bond acceptors (Lipinski definition) is 9. The summed E-state index contributed by atoms with van der Waals surface area (Å²) in [7, 11) is 1.39. The molecule has 1 unspecified atom stereocenters. The van der Waals surface area contributed by atoms with Crippen LogP contribution < -0.4 is 10.6 Å². The second-order valence-electron chi connectivity index (χ2n) is 11.0. The lowest BCUT2D eigenvalue weighted by Crippen LogP contribution is -2.55. The van der Waals surface area contributed by atoms with Crippen LogP contribution in [0, 0.1) is 5.92 Å². The molecule has 2 amide bonds. The average molecular weight is 556 g/mol. The Balaban J connectivity index is 1.24. The van der Waals surface area contributed by atoms with Crippen LogP contribution in [0.25, 0.3) is 20.9 Å². The molecule has 38 heavy (non-hydrogen) atoms. The predicted octanol–water partition coefficient (Wildman–Crippen LogP) is 3.85. The molecule has 1 saturated heterocycles. The maximum atomic E-state index is 13.4. The van der Waals surface area contributed by atoms with Gasteiger partial charge in [0.05, 0.1) is 23.2 Å². The molecule has 2 N–H and O–H groups in total. The minimum Gasteiger partial charge on any atom is -0.469 e. The van der Waals surface area contributed by atoms with Crippen molar-refractivity contribution in [3.8, 4) is 10.7 Å². The zero-order chi connectivity index (χ0) is 27.0. The van der Waals surface area contributed by atoms with E-state index in [1.54, 1.807) is 4.90 Å². The molecular formula is C27H33N5O4S2. The summed E-state index contributed by atoms with van der Waals surface area (Å²) in [5.41, 5.74) is 1.48. The van der Waals surface area contributed by atoms with Crippen LogP contribution in [0.2, 0.25) is 0 Å². The molecule has 0 spiro atoms. The van der Waals surface area contributed by atoms with E-state index in [1.807, 2.05) is 29.6 Å². The molecule has 1 saturated carbocycles. The molecule has 1 aromatic carbocycles. The molecule has 9 nitrogen and oxygen atoms in total. The molecule has 2 aromatic heterocycles. The summed E-state index contributed by atoms with van der Waals surface area (Å²) >= 11 is 2.77. The summed E-state index contributed by atoms with van der Waals surface area (Å²) in [5.74, 6) is -1.21. The van der Waals surface area contributed by atoms with Crippen molar-refractivity contribution in [2.45, 2.75) is 70.1 Å². The fraction of sp³-hybridized carbons (Fsp3) is 0.519. The zero-order valence-electron chi connectivity index (χ0n) is 22.0. The number of para-hydroxylation sites is 1. The number of carbonyl (C=O) groups excluding carboxylic acids is 3. The second-order valence-corrected chi connectivity index (χ2v) is 12.9. The van der Waals surface area contributed by atoms with E-state index in [1.165, 1.54) is 29.8 Å². The molecule has 0 bridgehead atoms. The van der Waals surface area contributed by atoms with E-state index < -0.39 is 12.0 Å². The molecule has 1 aliphatic carbocycles. The van der Waals surface area contributed by atoms with Gasteiger partial charge < -0.3 is 20.3 Å². The van der Waals surface area contributed by atoms with Gasteiger partial charge >= 0.3 is 5.97 Å². The van der Waals surface area contributed by atoms with Gasteiger partial charge in [-0.3, -0.25) is 14.4 Å². The van der Waals surface area contributed by atoms with E-state index in [4.69, 9.17) is 4.74 Å². The van der Waals surface area contributed by atoms with Crippen LogP contribution in [0.5, 0.6) is 0 Å². The molecule has 2 fully saturated rings. The van der Waals surface area contributed by atoms with Crippen LogP contribution in [-0.4, -0.2) is 70.0 Å². The number of carbonyl (C=O) groups is 3. The summed E-state index contributed by atoms with van der Waals surface area (Å²) in [4.78, 5) is 50.0. The van der Waals surface area contributed by atoms with E-state index in [0.29, 0.717) is 36.5 Å². The largest absolute Gasteiger partial charge is 0.469 e. The fourth-order valence-corrected chi connectivity index (χ4v) is 7.22. The molecule has 0 radical (unpaired) electrons. The standard InChI is InChI=1S/C27H33N5O4S2/c1-27(2,3)31-15-9-10-20(16(13-15)26(35)36-4)32-12-11-18(25(32)34)28-22(33)24-30-19(14-37-24)23-29-17-7-5-6-8-21(17)38-23/h5-8,14-16,18,20,31H,9-13H2,1-4H3,(H,28,33)/t15-,16-,18?,20+/m1/s1. The molecule has 3 heterocycles. The maximum Gasteiger partial charge on any atom is 0.310 e. The number of likely N-dealkylation sites (tertiary alicyclic amines) is 1. The third-order valence-electron chi connectivity index (χ3n) is 7.11. The number of nitrogens with one attached hydrogen (secondary N) is 2. The molecule has 3 aromatic rings. The van der Waals surface area contributed by atoms with Crippen LogP contribution in [-0.2, 0) is 14.3 Å². The van der Waals surface area contributed by atoms with E-state index in [9.17, 15) is 14.4 Å². The van der Waals surface area contributed by atoms with Crippen molar-refractivity contribution in [1.82, 2.24) is 25.5 Å². The molecule has 2 aliphatic rings. The average Bonchev–Trinajstić information content (AvgIpc) is 3.61. The molecule has 11 heteroatoms. The first-order chi connectivity index (χ1) is 18.1. The number of benzene rings is 1. The lowest BCUT2D eigenvalue weighted by Gasteiger charge is -2.41. The number of aromatic nitrogens is 2. The van der Waals surface area contributed by atoms with Gasteiger partial charge in [-0.2, -0.15) is 0 Å². The number of thiazole rings is 2. The number of fused-ring (bicyclic) bond motifs is 1. The van der Waals surface area contributed by atoms with Crippen molar-refractivity contribution in [2.75, 3.05) is 13.7 Å². The number of hydrogen-bond donors (Lipinski definition) is 2. The van der Waals surface area contributed by atoms with E-state index in [-0.39, 0.29) is 35.4 Å². The lowest BCUT2D eigenvalue weighted by molar-refractivity contribution is -0.151. The van der Waals surface area contributed by atoms with E-state index in [2.05, 4.69) is 41.4 Å². The summed E-state index contributed by atoms with van der Waals surface area (Å²) in [6.45, 7) is 6.81. The van der Waals surface area contributed by atoms with Crippen LogP contribution >= 0.6 is 22.7 Å². The Hall–Kier alpha value is -2.89. The van der Waals surface area contributed by atoms with Gasteiger partial charge in [-0.05, 0) is 58.6 Å². The van der Waals surface area contributed by atoms with E-state index >= 15 is 0 Å². The predicted molar refractivity (Wildman–Crippen MR) is 148 cm³/mol. The summed E-state index contributed by atoms with van der Waals surface area (Å²) in [5, 5.41) is 9.34. The van der Waals surface area contributed by atoms with Crippen molar-refractivity contribution in [3.63, 3.8) is 0 Å². The minimum atomic E-state index is -0.638. The van der Waals surface area contributed by atoms with Gasteiger partial charge in [0.25, 0.3) is 5.91 Å². The quantitative estimate of drug-likeness (QED) is 0.444. The fourth-order valence-electron chi connectivity index (χ4n) is 5.52. The first-order valence-electron chi connectivity index (χ1n) is 12.9. The van der Waals surface area contributed by atoms with Gasteiger partial charge in [0.1, 0.15) is 16.7 Å². The van der Waals surface area contributed by atoms with Crippen molar-refractivity contribution in [3.05, 3.63) is 34.7 Å². The summed E-state index contributed by atoms with van der Waals surface area (Å²) in [6.07, 6.45) is 2.68. The number of methoxy groups -OCH3 is 1. The number of esters is 1. The van der Waals surface area contributed by atoms with Crippen molar-refractivity contribution in [1.29, 1.82) is 0 Å². The third-order valence-corrected chi connectivity index (χ3v) is 9.01. The Morgan fingerprint density at radius 1 is 1.13 bits per heavy atom. The highest BCUT2D eigenvalue weighted by molar-refractivity contribution is 7.22.